The fourth-order valence-corrected chi connectivity index (χ4v) is 1.52. The number of methoxy groups -OCH3 is 1. The zero-order valence-corrected chi connectivity index (χ0v) is 9.45. The van der Waals surface area contributed by atoms with E-state index in [4.69, 9.17) is 14.5 Å². The molecule has 0 saturated heterocycles. The fourth-order valence-electron chi connectivity index (χ4n) is 0.690. The summed E-state index contributed by atoms with van der Waals surface area (Å²) in [7, 11) is -3.60. The summed E-state index contributed by atoms with van der Waals surface area (Å²) in [5.41, 5.74) is -0.833. The van der Waals surface area contributed by atoms with Crippen LogP contribution in [0.25, 0.3) is 0 Å². The predicted molar refractivity (Wildman–Crippen MR) is 48.7 cm³/mol. The van der Waals surface area contributed by atoms with Gasteiger partial charge in [0, 0.05) is 0 Å². The summed E-state index contributed by atoms with van der Waals surface area (Å²) in [5.74, 6) is -2.93. The van der Waals surface area contributed by atoms with Gasteiger partial charge in [-0.1, -0.05) is 0 Å². The molecule has 1 atom stereocenters. The van der Waals surface area contributed by atoms with Crippen molar-refractivity contribution >= 4 is 13.6 Å². The van der Waals surface area contributed by atoms with E-state index in [1.807, 2.05) is 0 Å². The molecule has 2 N–H and O–H groups in total. The molecule has 0 aliphatic heterocycles. The van der Waals surface area contributed by atoms with Crippen LogP contribution < -0.4 is 0 Å². The summed E-state index contributed by atoms with van der Waals surface area (Å²) >= 11 is 0. The van der Waals surface area contributed by atoms with Gasteiger partial charge in [0.1, 0.15) is 0 Å². The van der Waals surface area contributed by atoms with Crippen LogP contribution in [-0.2, 0) is 18.8 Å². The highest BCUT2D eigenvalue weighted by Crippen LogP contribution is 2.43. The van der Waals surface area contributed by atoms with Crippen molar-refractivity contribution < 1.29 is 28.6 Å². The summed E-state index contributed by atoms with van der Waals surface area (Å²) in [6, 6.07) is 0. The van der Waals surface area contributed by atoms with E-state index in [2.05, 4.69) is 4.74 Å². The van der Waals surface area contributed by atoms with Crippen molar-refractivity contribution in [2.24, 2.45) is 0 Å². The molecule has 6 nitrogen and oxygen atoms in total. The molecule has 0 aliphatic rings. The van der Waals surface area contributed by atoms with Gasteiger partial charge in [-0.15, -0.1) is 0 Å². The molecule has 0 heterocycles. The minimum atomic E-state index is -4.64. The summed E-state index contributed by atoms with van der Waals surface area (Å²) in [6.45, 7) is 4.75. The lowest BCUT2D eigenvalue weighted by Crippen LogP contribution is -2.34. The smallest absolute Gasteiger partial charge is 0.365 e. The first-order valence-corrected chi connectivity index (χ1v) is 5.57. The van der Waals surface area contributed by atoms with Gasteiger partial charge in [0.2, 0.25) is 0 Å². The van der Waals surface area contributed by atoms with Crippen LogP contribution in [0.4, 0.5) is 0 Å². The lowest BCUT2D eigenvalue weighted by Gasteiger charge is -2.25. The molecule has 0 aromatic rings. The lowest BCUT2D eigenvalue weighted by molar-refractivity contribution is -0.156. The molecule has 0 aromatic carbocycles. The molecule has 0 aromatic heterocycles. The van der Waals surface area contributed by atoms with Crippen LogP contribution in [0.15, 0.2) is 0 Å². The van der Waals surface area contributed by atoms with E-state index in [1.165, 1.54) is 0 Å². The normalized spacial score (nSPS) is 15.0. The second-order valence-corrected chi connectivity index (χ2v) is 5.34. The molecular formula is C7H15O6P. The van der Waals surface area contributed by atoms with E-state index in [1.54, 1.807) is 20.8 Å². The third-order valence-electron chi connectivity index (χ3n) is 1.17. The van der Waals surface area contributed by atoms with Gasteiger partial charge in [-0.2, -0.15) is 0 Å². The first-order valence-electron chi connectivity index (χ1n) is 3.89. The average molecular weight is 226 g/mol. The van der Waals surface area contributed by atoms with E-state index in [0.29, 0.717) is 0 Å². The third kappa shape index (κ3) is 4.72. The Morgan fingerprint density at radius 1 is 1.36 bits per heavy atom. The van der Waals surface area contributed by atoms with E-state index < -0.39 is 25.0 Å². The Bertz CT molecular complexity index is 249. The Balaban J connectivity index is 4.77. The van der Waals surface area contributed by atoms with Gasteiger partial charge in [0.05, 0.1) is 12.7 Å². The quantitative estimate of drug-likeness (QED) is 0.537. The van der Waals surface area contributed by atoms with Gasteiger partial charge in [-0.3, -0.25) is 4.57 Å². The Morgan fingerprint density at radius 2 is 1.79 bits per heavy atom. The number of esters is 1. The van der Waals surface area contributed by atoms with E-state index in [0.717, 1.165) is 7.11 Å². The van der Waals surface area contributed by atoms with Gasteiger partial charge < -0.3 is 19.3 Å². The maximum Gasteiger partial charge on any atom is 0.365 e. The number of carbonyl (C=O) groups excluding carboxylic acids is 1. The molecular weight excluding hydrogens is 211 g/mol. The SMILES string of the molecule is COC(=O)C(OC(C)(C)C)P(=O)(O)O. The zero-order valence-electron chi connectivity index (χ0n) is 8.55. The van der Waals surface area contributed by atoms with Crippen LogP contribution >= 0.6 is 7.60 Å². The summed E-state index contributed by atoms with van der Waals surface area (Å²) in [4.78, 5) is 28.7. The molecule has 0 fully saturated rings. The van der Waals surface area contributed by atoms with Crippen LogP contribution in [0.2, 0.25) is 0 Å². The van der Waals surface area contributed by atoms with E-state index in [9.17, 15) is 9.36 Å². The second kappa shape index (κ2) is 4.40. The van der Waals surface area contributed by atoms with Crippen LogP contribution in [0.5, 0.6) is 0 Å². The molecule has 1 unspecified atom stereocenters. The van der Waals surface area contributed by atoms with Crippen LogP contribution in [-0.4, -0.2) is 34.3 Å². The first-order chi connectivity index (χ1) is 6.08. The maximum atomic E-state index is 11.0. The molecule has 0 amide bonds. The van der Waals surface area contributed by atoms with Crippen molar-refractivity contribution in [3.63, 3.8) is 0 Å². The molecule has 0 rings (SSSR count). The molecule has 0 spiro atoms. The highest BCUT2D eigenvalue weighted by Gasteiger charge is 2.40. The molecule has 84 valence electrons. The molecule has 7 heteroatoms. The largest absolute Gasteiger partial charge is 0.467 e. The number of rotatable bonds is 3. The fraction of sp³-hybridized carbons (Fsp3) is 0.857. The van der Waals surface area contributed by atoms with Gasteiger partial charge in [-0.05, 0) is 20.8 Å². The van der Waals surface area contributed by atoms with Gasteiger partial charge in [0.15, 0.2) is 0 Å². The van der Waals surface area contributed by atoms with Crippen molar-refractivity contribution in [1.82, 2.24) is 0 Å². The predicted octanol–water partition coefficient (Wildman–Crippen LogP) is 0.478. The van der Waals surface area contributed by atoms with Crippen molar-refractivity contribution in [2.45, 2.75) is 32.2 Å². The van der Waals surface area contributed by atoms with Crippen molar-refractivity contribution in [1.29, 1.82) is 0 Å². The Kier molecular flexibility index (Phi) is 4.27. The zero-order chi connectivity index (χ0) is 11.6. The monoisotopic (exact) mass is 226 g/mol. The average Bonchev–Trinajstić information content (AvgIpc) is 1.95. The maximum absolute atomic E-state index is 11.0. The summed E-state index contributed by atoms with van der Waals surface area (Å²) in [6.07, 6.45) is 0. The number of ether oxygens (including phenoxy) is 2. The van der Waals surface area contributed by atoms with Gasteiger partial charge in [0.25, 0.3) is 5.85 Å². The molecule has 0 radical (unpaired) electrons. The molecule has 0 saturated carbocycles. The van der Waals surface area contributed by atoms with Crippen LogP contribution in [0.3, 0.4) is 0 Å². The topological polar surface area (TPSA) is 93.1 Å². The van der Waals surface area contributed by atoms with Crippen LogP contribution in [0.1, 0.15) is 20.8 Å². The lowest BCUT2D eigenvalue weighted by atomic mass is 10.2. The summed E-state index contributed by atoms with van der Waals surface area (Å²) < 4.78 is 20.0. The van der Waals surface area contributed by atoms with Gasteiger partial charge in [-0.25, -0.2) is 4.79 Å². The Hall–Kier alpha value is -0.420. The van der Waals surface area contributed by atoms with Crippen LogP contribution in [0, 0.1) is 0 Å². The minimum absolute atomic E-state index is 0.833. The Labute approximate surface area is 82.4 Å². The number of hydrogen-bond acceptors (Lipinski definition) is 4. The highest BCUT2D eigenvalue weighted by atomic mass is 31.2. The van der Waals surface area contributed by atoms with E-state index >= 15 is 0 Å². The number of carbonyl (C=O) groups is 1. The molecule has 0 bridgehead atoms. The second-order valence-electron chi connectivity index (χ2n) is 3.69. The van der Waals surface area contributed by atoms with Crippen molar-refractivity contribution in [2.75, 3.05) is 7.11 Å². The summed E-state index contributed by atoms with van der Waals surface area (Å²) in [5, 5.41) is 0. The number of hydrogen-bond donors (Lipinski definition) is 2. The minimum Gasteiger partial charge on any atom is -0.467 e. The van der Waals surface area contributed by atoms with Gasteiger partial charge >= 0.3 is 13.6 Å². The molecule has 0 aliphatic carbocycles. The van der Waals surface area contributed by atoms with E-state index in [-0.39, 0.29) is 0 Å². The first kappa shape index (κ1) is 13.6. The standard InChI is InChI=1S/C7H15O6P/c1-7(2,3)13-6(5(8)12-4)14(9,10)11/h6H,1-4H3,(H2,9,10,11). The molecule has 14 heavy (non-hydrogen) atoms. The van der Waals surface area contributed by atoms with Crippen molar-refractivity contribution in [3.05, 3.63) is 0 Å². The highest BCUT2D eigenvalue weighted by molar-refractivity contribution is 7.53. The third-order valence-corrected chi connectivity index (χ3v) is 2.10. The van der Waals surface area contributed by atoms with Crippen molar-refractivity contribution in [3.8, 4) is 0 Å². The Morgan fingerprint density at radius 3 is 2.00 bits per heavy atom.